The molecule has 1 atom stereocenters. The fourth-order valence-corrected chi connectivity index (χ4v) is 1.86. The Morgan fingerprint density at radius 3 is 2.59 bits per heavy atom. The van der Waals surface area contributed by atoms with E-state index in [9.17, 15) is 4.79 Å². The summed E-state index contributed by atoms with van der Waals surface area (Å²) in [6.07, 6.45) is 0. The van der Waals surface area contributed by atoms with Crippen molar-refractivity contribution in [2.45, 2.75) is 26.8 Å². The number of carbonyl (C=O) groups excluding carboxylic acids is 1. The Morgan fingerprint density at radius 1 is 1.41 bits per heavy atom. The molecule has 0 aliphatic rings. The minimum absolute atomic E-state index is 0.319. The summed E-state index contributed by atoms with van der Waals surface area (Å²) in [5.74, 6) is 0.215. The van der Waals surface area contributed by atoms with Crippen molar-refractivity contribution in [1.82, 2.24) is 0 Å². The lowest BCUT2D eigenvalue weighted by atomic mass is 10.00. The van der Waals surface area contributed by atoms with Gasteiger partial charge >= 0.3 is 5.97 Å². The first kappa shape index (κ1) is 13.5. The van der Waals surface area contributed by atoms with Gasteiger partial charge in [0.1, 0.15) is 11.8 Å². The van der Waals surface area contributed by atoms with Gasteiger partial charge in [-0.25, -0.2) is 4.79 Å². The second-order valence-corrected chi connectivity index (χ2v) is 3.93. The minimum Gasteiger partial charge on any atom is -0.496 e. The molecule has 1 aromatic carbocycles. The molecule has 1 unspecified atom stereocenters. The summed E-state index contributed by atoms with van der Waals surface area (Å²) in [5.41, 5.74) is 8.55. The maximum absolute atomic E-state index is 11.6. The lowest BCUT2D eigenvalue weighted by Crippen LogP contribution is -2.24. The summed E-state index contributed by atoms with van der Waals surface area (Å²) >= 11 is 0. The Hall–Kier alpha value is -1.55. The van der Waals surface area contributed by atoms with E-state index >= 15 is 0 Å². The Morgan fingerprint density at radius 2 is 2.06 bits per heavy atom. The van der Waals surface area contributed by atoms with E-state index < -0.39 is 12.0 Å². The summed E-state index contributed by atoms with van der Waals surface area (Å²) in [4.78, 5) is 11.6. The van der Waals surface area contributed by atoms with E-state index in [0.717, 1.165) is 11.1 Å². The second kappa shape index (κ2) is 5.68. The predicted octanol–water partition coefficient (Wildman–Crippen LogP) is 1.87. The zero-order valence-electron chi connectivity index (χ0n) is 10.7. The van der Waals surface area contributed by atoms with Gasteiger partial charge in [-0.15, -0.1) is 0 Å². The maximum atomic E-state index is 11.6. The highest BCUT2D eigenvalue weighted by molar-refractivity contribution is 5.78. The first-order chi connectivity index (χ1) is 8.01. The van der Waals surface area contributed by atoms with Crippen LogP contribution in [0.25, 0.3) is 0 Å². The third kappa shape index (κ3) is 2.97. The number of benzene rings is 1. The number of hydrogen-bond acceptors (Lipinski definition) is 4. The average molecular weight is 237 g/mol. The molecule has 0 fully saturated rings. The van der Waals surface area contributed by atoms with Gasteiger partial charge in [-0.2, -0.15) is 0 Å². The summed E-state index contributed by atoms with van der Waals surface area (Å²) in [6.45, 7) is 5.95. The van der Waals surface area contributed by atoms with Gasteiger partial charge in [-0.1, -0.05) is 17.7 Å². The molecule has 0 saturated heterocycles. The molecule has 0 aromatic heterocycles. The monoisotopic (exact) mass is 237 g/mol. The van der Waals surface area contributed by atoms with E-state index in [0.29, 0.717) is 17.9 Å². The zero-order chi connectivity index (χ0) is 13.0. The maximum Gasteiger partial charge on any atom is 0.327 e. The van der Waals surface area contributed by atoms with E-state index in [-0.39, 0.29) is 0 Å². The molecule has 0 aliphatic heterocycles. The highest BCUT2D eigenvalue weighted by Crippen LogP contribution is 2.29. The number of hydrogen-bond donors (Lipinski definition) is 1. The number of rotatable bonds is 4. The number of esters is 1. The van der Waals surface area contributed by atoms with Crippen LogP contribution in [0.4, 0.5) is 0 Å². The largest absolute Gasteiger partial charge is 0.496 e. The number of carbonyl (C=O) groups is 1. The van der Waals surface area contributed by atoms with Gasteiger partial charge in [0.25, 0.3) is 0 Å². The molecule has 1 rings (SSSR count). The summed E-state index contributed by atoms with van der Waals surface area (Å²) in [5, 5.41) is 0. The van der Waals surface area contributed by atoms with Crippen LogP contribution in [0.15, 0.2) is 12.1 Å². The van der Waals surface area contributed by atoms with Gasteiger partial charge in [0.15, 0.2) is 0 Å². The smallest absolute Gasteiger partial charge is 0.327 e. The topological polar surface area (TPSA) is 61.5 Å². The Bertz CT molecular complexity index is 415. The van der Waals surface area contributed by atoms with Crippen LogP contribution < -0.4 is 10.5 Å². The van der Waals surface area contributed by atoms with Crippen LogP contribution in [0.3, 0.4) is 0 Å². The van der Waals surface area contributed by atoms with Crippen molar-refractivity contribution in [3.8, 4) is 5.75 Å². The van der Waals surface area contributed by atoms with Crippen LogP contribution >= 0.6 is 0 Å². The molecule has 17 heavy (non-hydrogen) atoms. The minimum atomic E-state index is -0.802. The van der Waals surface area contributed by atoms with Crippen LogP contribution in [0, 0.1) is 13.8 Å². The van der Waals surface area contributed by atoms with Crippen molar-refractivity contribution in [2.75, 3.05) is 13.7 Å². The first-order valence-electron chi connectivity index (χ1n) is 5.58. The molecule has 1 aromatic rings. The van der Waals surface area contributed by atoms with Crippen molar-refractivity contribution in [3.63, 3.8) is 0 Å². The van der Waals surface area contributed by atoms with E-state index in [2.05, 4.69) is 0 Å². The highest BCUT2D eigenvalue weighted by atomic mass is 16.5. The quantitative estimate of drug-likeness (QED) is 0.812. The number of aryl methyl sites for hydroxylation is 2. The normalized spacial score (nSPS) is 12.1. The summed E-state index contributed by atoms with van der Waals surface area (Å²) in [7, 11) is 1.57. The third-order valence-electron chi connectivity index (χ3n) is 2.53. The number of methoxy groups -OCH3 is 1. The third-order valence-corrected chi connectivity index (χ3v) is 2.53. The molecule has 0 amide bonds. The van der Waals surface area contributed by atoms with Crippen LogP contribution in [-0.2, 0) is 9.53 Å². The predicted molar refractivity (Wildman–Crippen MR) is 66.0 cm³/mol. The standard InChI is InChI=1S/C13H19NO3/c1-5-17-13(15)11(14)10-7-8(2)6-9(3)12(10)16-4/h6-7,11H,5,14H2,1-4H3. The fraction of sp³-hybridized carbons (Fsp3) is 0.462. The van der Waals surface area contributed by atoms with E-state index in [1.807, 2.05) is 26.0 Å². The highest BCUT2D eigenvalue weighted by Gasteiger charge is 2.22. The molecule has 4 heteroatoms. The Labute approximate surface area is 102 Å². The molecule has 0 bridgehead atoms. The summed E-state index contributed by atoms with van der Waals surface area (Å²) in [6, 6.07) is 3.04. The van der Waals surface area contributed by atoms with E-state index in [1.165, 1.54) is 0 Å². The number of nitrogens with two attached hydrogens (primary N) is 1. The molecular formula is C13H19NO3. The fourth-order valence-electron chi connectivity index (χ4n) is 1.86. The van der Waals surface area contributed by atoms with Crippen molar-refractivity contribution >= 4 is 5.97 Å². The average Bonchev–Trinajstić information content (AvgIpc) is 2.27. The Balaban J connectivity index is 3.15. The second-order valence-electron chi connectivity index (χ2n) is 3.93. The molecule has 4 nitrogen and oxygen atoms in total. The molecule has 94 valence electrons. The van der Waals surface area contributed by atoms with Gasteiger partial charge in [0.2, 0.25) is 0 Å². The van der Waals surface area contributed by atoms with Crippen LogP contribution in [0.5, 0.6) is 5.75 Å². The van der Waals surface area contributed by atoms with Crippen LogP contribution in [-0.4, -0.2) is 19.7 Å². The van der Waals surface area contributed by atoms with Gasteiger partial charge < -0.3 is 15.2 Å². The molecule has 0 spiro atoms. The Kier molecular flexibility index (Phi) is 4.52. The number of ether oxygens (including phenoxy) is 2. The van der Waals surface area contributed by atoms with Crippen LogP contribution in [0.1, 0.15) is 29.7 Å². The summed E-state index contributed by atoms with van der Waals surface area (Å²) < 4.78 is 10.2. The molecule has 0 heterocycles. The SMILES string of the molecule is CCOC(=O)C(N)c1cc(C)cc(C)c1OC. The molecule has 0 aliphatic carbocycles. The lowest BCUT2D eigenvalue weighted by molar-refractivity contribution is -0.144. The van der Waals surface area contributed by atoms with Crippen molar-refractivity contribution in [3.05, 3.63) is 28.8 Å². The zero-order valence-corrected chi connectivity index (χ0v) is 10.7. The molecule has 0 radical (unpaired) electrons. The van der Waals surface area contributed by atoms with E-state index in [1.54, 1.807) is 14.0 Å². The molecule has 0 saturated carbocycles. The first-order valence-corrected chi connectivity index (χ1v) is 5.58. The van der Waals surface area contributed by atoms with Crippen LogP contribution in [0.2, 0.25) is 0 Å². The molecule has 2 N–H and O–H groups in total. The van der Waals surface area contributed by atoms with Crippen molar-refractivity contribution in [1.29, 1.82) is 0 Å². The molecular weight excluding hydrogens is 218 g/mol. The van der Waals surface area contributed by atoms with Gasteiger partial charge in [-0.05, 0) is 26.3 Å². The van der Waals surface area contributed by atoms with Gasteiger partial charge in [0, 0.05) is 5.56 Å². The van der Waals surface area contributed by atoms with Crippen molar-refractivity contribution < 1.29 is 14.3 Å². The van der Waals surface area contributed by atoms with Crippen molar-refractivity contribution in [2.24, 2.45) is 5.73 Å². The van der Waals surface area contributed by atoms with Gasteiger partial charge in [-0.3, -0.25) is 0 Å². The van der Waals surface area contributed by atoms with E-state index in [4.69, 9.17) is 15.2 Å². The lowest BCUT2D eigenvalue weighted by Gasteiger charge is -2.17. The van der Waals surface area contributed by atoms with Gasteiger partial charge in [0.05, 0.1) is 13.7 Å².